The number of para-hydroxylation sites is 3. The molecule has 294 valence electrons. The number of allylic oxidation sites excluding steroid dienone is 1. The molecule has 0 radical (unpaired) electrons. The summed E-state index contributed by atoms with van der Waals surface area (Å²) in [5, 5.41) is 14.0. The van der Waals surface area contributed by atoms with Crippen LogP contribution in [0.1, 0.15) is 37.3 Å². The summed E-state index contributed by atoms with van der Waals surface area (Å²) >= 11 is 0. The lowest BCUT2D eigenvalue weighted by molar-refractivity contribution is -0.119. The third kappa shape index (κ3) is 11.2. The zero-order valence-corrected chi connectivity index (χ0v) is 33.7. The molecular formula is C53H51N5O. The van der Waals surface area contributed by atoms with Gasteiger partial charge in [0.1, 0.15) is 0 Å². The largest absolute Gasteiger partial charge is 0.387 e. The van der Waals surface area contributed by atoms with Crippen LogP contribution in [0.3, 0.4) is 0 Å². The summed E-state index contributed by atoms with van der Waals surface area (Å²) in [5.74, 6) is 0.236. The summed E-state index contributed by atoms with van der Waals surface area (Å²) in [6, 6.07) is 63.9. The molecule has 7 aromatic rings. The first-order chi connectivity index (χ1) is 29.0. The van der Waals surface area contributed by atoms with E-state index in [-0.39, 0.29) is 11.9 Å². The van der Waals surface area contributed by atoms with E-state index >= 15 is 0 Å². The van der Waals surface area contributed by atoms with Gasteiger partial charge in [0.05, 0.1) is 5.69 Å². The van der Waals surface area contributed by atoms with Gasteiger partial charge in [0.15, 0.2) is 0 Å². The molecule has 59 heavy (non-hydrogen) atoms. The number of guanidine groups is 1. The minimum absolute atomic E-state index is 0.0198. The van der Waals surface area contributed by atoms with Crippen LogP contribution in [0.15, 0.2) is 205 Å². The lowest BCUT2D eigenvalue weighted by Gasteiger charge is -2.19. The number of amides is 1. The Labute approximate surface area is 348 Å². The summed E-state index contributed by atoms with van der Waals surface area (Å²) in [6.07, 6.45) is 4.70. The Balaban J connectivity index is 1.08. The van der Waals surface area contributed by atoms with E-state index in [9.17, 15) is 4.79 Å². The van der Waals surface area contributed by atoms with E-state index in [1.54, 1.807) is 0 Å². The van der Waals surface area contributed by atoms with Gasteiger partial charge in [-0.15, -0.1) is 0 Å². The van der Waals surface area contributed by atoms with E-state index in [1.165, 1.54) is 11.1 Å². The minimum Gasteiger partial charge on any atom is -0.387 e. The van der Waals surface area contributed by atoms with Crippen LogP contribution >= 0.6 is 0 Å². The average molecular weight is 774 g/mol. The molecule has 6 nitrogen and oxygen atoms in total. The van der Waals surface area contributed by atoms with Gasteiger partial charge in [-0.2, -0.15) is 0 Å². The number of nitrogens with zero attached hydrogens (tertiary/aromatic N) is 1. The van der Waals surface area contributed by atoms with Gasteiger partial charge in [-0.3, -0.25) is 10.1 Å². The molecule has 0 heterocycles. The molecule has 0 aliphatic heterocycles. The fourth-order valence-corrected chi connectivity index (χ4v) is 7.06. The molecule has 0 bridgehead atoms. The number of carbonyl (C=O) groups is 1. The molecule has 0 saturated heterocycles. The minimum atomic E-state index is -0.127. The van der Waals surface area contributed by atoms with Gasteiger partial charge in [-0.05, 0) is 79.1 Å². The van der Waals surface area contributed by atoms with Crippen LogP contribution in [0, 0.1) is 6.92 Å². The topological polar surface area (TPSA) is 77.5 Å². The average Bonchev–Trinajstić information content (AvgIpc) is 3.28. The number of rotatable bonds is 15. The SMILES string of the molecule is Cc1ccccc1CC/C(=C/NC(C)CCC(=O)NC(=Nc1ccccc1-c1ccccc1)Nc1ccccc1-c1ccccc1)Nc1ccccc1-c1ccccc1. The van der Waals surface area contributed by atoms with Crippen molar-refractivity contribution in [2.24, 2.45) is 4.99 Å². The van der Waals surface area contributed by atoms with Crippen molar-refractivity contribution in [3.05, 3.63) is 211 Å². The van der Waals surface area contributed by atoms with Crippen molar-refractivity contribution in [2.45, 2.75) is 45.6 Å². The number of hydrogen-bond acceptors (Lipinski definition) is 4. The van der Waals surface area contributed by atoms with E-state index in [2.05, 4.69) is 151 Å². The van der Waals surface area contributed by atoms with Crippen molar-refractivity contribution in [3.63, 3.8) is 0 Å². The molecule has 0 spiro atoms. The Morgan fingerprint density at radius 1 is 0.559 bits per heavy atom. The van der Waals surface area contributed by atoms with Gasteiger partial charge in [-0.1, -0.05) is 170 Å². The number of carbonyl (C=O) groups excluding carboxylic acids is 1. The van der Waals surface area contributed by atoms with Crippen molar-refractivity contribution in [3.8, 4) is 33.4 Å². The molecule has 0 aromatic heterocycles. The van der Waals surface area contributed by atoms with Gasteiger partial charge < -0.3 is 16.0 Å². The van der Waals surface area contributed by atoms with Gasteiger partial charge in [0, 0.05) is 52.4 Å². The fourth-order valence-electron chi connectivity index (χ4n) is 7.06. The Hall–Kier alpha value is -7.18. The number of anilines is 2. The second kappa shape index (κ2) is 20.3. The number of hydrogen-bond donors (Lipinski definition) is 4. The summed E-state index contributed by atoms with van der Waals surface area (Å²) in [6.45, 7) is 4.28. The lowest BCUT2D eigenvalue weighted by atomic mass is 10.0. The van der Waals surface area contributed by atoms with Crippen LogP contribution in [0.4, 0.5) is 17.1 Å². The van der Waals surface area contributed by atoms with E-state index < -0.39 is 0 Å². The summed E-state index contributed by atoms with van der Waals surface area (Å²) in [4.78, 5) is 18.9. The third-order valence-corrected chi connectivity index (χ3v) is 10.3. The lowest BCUT2D eigenvalue weighted by Crippen LogP contribution is -2.36. The zero-order valence-electron chi connectivity index (χ0n) is 33.7. The van der Waals surface area contributed by atoms with E-state index in [4.69, 9.17) is 4.99 Å². The van der Waals surface area contributed by atoms with Crippen molar-refractivity contribution in [2.75, 3.05) is 10.6 Å². The van der Waals surface area contributed by atoms with Crippen LogP contribution in [0.2, 0.25) is 0 Å². The van der Waals surface area contributed by atoms with Gasteiger partial charge in [-0.25, -0.2) is 4.99 Å². The molecule has 0 fully saturated rings. The molecular weight excluding hydrogens is 723 g/mol. The normalized spacial score (nSPS) is 12.0. The highest BCUT2D eigenvalue weighted by Gasteiger charge is 2.14. The predicted octanol–water partition coefficient (Wildman–Crippen LogP) is 12.6. The molecule has 7 rings (SSSR count). The second-order valence-electron chi connectivity index (χ2n) is 14.7. The Morgan fingerprint density at radius 3 is 1.66 bits per heavy atom. The highest BCUT2D eigenvalue weighted by Crippen LogP contribution is 2.32. The smallest absolute Gasteiger partial charge is 0.226 e. The first kappa shape index (κ1) is 40.0. The predicted molar refractivity (Wildman–Crippen MR) is 248 cm³/mol. The zero-order chi connectivity index (χ0) is 40.7. The summed E-state index contributed by atoms with van der Waals surface area (Å²) < 4.78 is 0. The number of benzene rings is 7. The van der Waals surface area contributed by atoms with Crippen molar-refractivity contribution >= 4 is 28.9 Å². The molecule has 0 saturated carbocycles. The monoisotopic (exact) mass is 773 g/mol. The van der Waals surface area contributed by atoms with Crippen LogP contribution < -0.4 is 21.3 Å². The first-order valence-corrected chi connectivity index (χ1v) is 20.4. The molecule has 0 aliphatic rings. The highest BCUT2D eigenvalue weighted by atomic mass is 16.1. The van der Waals surface area contributed by atoms with Crippen LogP contribution in [-0.4, -0.2) is 17.9 Å². The van der Waals surface area contributed by atoms with E-state index in [1.807, 2.05) is 78.9 Å². The second-order valence-corrected chi connectivity index (χ2v) is 14.7. The first-order valence-electron chi connectivity index (χ1n) is 20.4. The standard InChI is InChI=1S/C53H51N5O/c1-39-20-12-13-21-41(39)35-36-45(55-49-31-17-14-28-46(49)42-22-6-3-7-23-42)38-54-40(2)34-37-52(59)58-53(56-50-32-18-15-29-47(50)43-24-8-4-9-25-43)57-51-33-19-16-30-48(51)44-26-10-5-11-27-44/h3-33,38,40,54-55H,34-37H2,1-2H3,(H2,56,57,58,59)/b45-38-. The van der Waals surface area contributed by atoms with Gasteiger partial charge in [0.2, 0.25) is 11.9 Å². The molecule has 1 unspecified atom stereocenters. The maximum atomic E-state index is 13.8. The van der Waals surface area contributed by atoms with E-state index in [0.717, 1.165) is 69.0 Å². The third-order valence-electron chi connectivity index (χ3n) is 10.3. The van der Waals surface area contributed by atoms with E-state index in [0.29, 0.717) is 18.8 Å². The molecule has 1 atom stereocenters. The quantitative estimate of drug-likeness (QED) is 0.0618. The number of aliphatic imine (C=N–C) groups is 1. The number of aryl methyl sites for hydroxylation is 2. The highest BCUT2D eigenvalue weighted by molar-refractivity contribution is 6.07. The number of nitrogens with one attached hydrogen (secondary N) is 4. The fraction of sp³-hybridized carbons (Fsp3) is 0.132. The van der Waals surface area contributed by atoms with Crippen molar-refractivity contribution < 1.29 is 4.79 Å². The van der Waals surface area contributed by atoms with Crippen molar-refractivity contribution in [1.82, 2.24) is 10.6 Å². The summed E-state index contributed by atoms with van der Waals surface area (Å²) in [7, 11) is 0. The molecule has 4 N–H and O–H groups in total. The van der Waals surface area contributed by atoms with Crippen LogP contribution in [0.5, 0.6) is 0 Å². The molecule has 7 aromatic carbocycles. The van der Waals surface area contributed by atoms with Crippen LogP contribution in [0.25, 0.3) is 33.4 Å². The molecule has 0 aliphatic carbocycles. The Morgan fingerprint density at radius 2 is 1.05 bits per heavy atom. The maximum Gasteiger partial charge on any atom is 0.226 e. The van der Waals surface area contributed by atoms with Gasteiger partial charge in [0.25, 0.3) is 0 Å². The Kier molecular flexibility index (Phi) is 13.8. The van der Waals surface area contributed by atoms with Gasteiger partial charge >= 0.3 is 0 Å². The Bertz CT molecular complexity index is 2500. The molecule has 1 amide bonds. The van der Waals surface area contributed by atoms with Crippen LogP contribution in [-0.2, 0) is 11.2 Å². The van der Waals surface area contributed by atoms with Crippen molar-refractivity contribution in [1.29, 1.82) is 0 Å². The molecule has 6 heteroatoms. The maximum absolute atomic E-state index is 13.8. The summed E-state index contributed by atoms with van der Waals surface area (Å²) in [5.41, 5.74) is 12.7.